The van der Waals surface area contributed by atoms with Crippen molar-refractivity contribution in [2.24, 2.45) is 11.8 Å². The van der Waals surface area contributed by atoms with Crippen LogP contribution in [0.15, 0.2) is 0 Å². The summed E-state index contributed by atoms with van der Waals surface area (Å²) >= 11 is 0. The van der Waals surface area contributed by atoms with Gasteiger partial charge in [0.25, 0.3) is 0 Å². The van der Waals surface area contributed by atoms with E-state index < -0.39 is 0 Å². The molecule has 102 valence electrons. The van der Waals surface area contributed by atoms with Crippen molar-refractivity contribution < 1.29 is 9.53 Å². The molecule has 3 heteroatoms. The van der Waals surface area contributed by atoms with Crippen LogP contribution < -0.4 is 5.32 Å². The number of rotatable bonds is 7. The fourth-order valence-corrected chi connectivity index (χ4v) is 1.60. The Morgan fingerprint density at radius 2 is 1.82 bits per heavy atom. The van der Waals surface area contributed by atoms with E-state index in [0.717, 1.165) is 19.3 Å². The molecule has 1 atom stereocenters. The maximum absolute atomic E-state index is 11.6. The third-order valence-corrected chi connectivity index (χ3v) is 3.31. The highest BCUT2D eigenvalue weighted by Crippen LogP contribution is 2.21. The number of hydrogen-bond acceptors (Lipinski definition) is 2. The monoisotopic (exact) mass is 243 g/mol. The normalized spacial score (nSPS) is 13.6. The maximum atomic E-state index is 11.6. The molecule has 0 saturated heterocycles. The summed E-state index contributed by atoms with van der Waals surface area (Å²) < 4.78 is 5.17. The molecule has 0 aromatic carbocycles. The Hall–Kier alpha value is -0.730. The van der Waals surface area contributed by atoms with Crippen LogP contribution in [0.1, 0.15) is 60.8 Å². The molecule has 0 aromatic rings. The number of ether oxygens (including phenoxy) is 1. The second kappa shape index (κ2) is 7.57. The van der Waals surface area contributed by atoms with Crippen LogP contribution in [0.3, 0.4) is 0 Å². The molecule has 0 radical (unpaired) electrons. The van der Waals surface area contributed by atoms with E-state index >= 15 is 0 Å². The summed E-state index contributed by atoms with van der Waals surface area (Å²) in [6.07, 6.45) is 2.87. The highest BCUT2D eigenvalue weighted by atomic mass is 16.5. The SMILES string of the molecule is CCC[C@H](C)C(C)(C)NC(=O)OCCC(C)C. The Kier molecular flexibility index (Phi) is 7.24. The van der Waals surface area contributed by atoms with Gasteiger partial charge in [0.15, 0.2) is 0 Å². The summed E-state index contributed by atoms with van der Waals surface area (Å²) in [5.41, 5.74) is -0.203. The third-order valence-electron chi connectivity index (χ3n) is 3.31. The smallest absolute Gasteiger partial charge is 0.407 e. The van der Waals surface area contributed by atoms with E-state index in [1.165, 1.54) is 0 Å². The van der Waals surface area contributed by atoms with Crippen molar-refractivity contribution in [1.82, 2.24) is 5.32 Å². The van der Waals surface area contributed by atoms with Crippen molar-refractivity contribution in [3.63, 3.8) is 0 Å². The summed E-state index contributed by atoms with van der Waals surface area (Å²) in [7, 11) is 0. The summed E-state index contributed by atoms with van der Waals surface area (Å²) in [5, 5.41) is 2.95. The van der Waals surface area contributed by atoms with Crippen LogP contribution in [0.25, 0.3) is 0 Å². The Labute approximate surface area is 106 Å². The van der Waals surface area contributed by atoms with E-state index in [1.54, 1.807) is 0 Å². The molecule has 0 bridgehead atoms. The summed E-state index contributed by atoms with van der Waals surface area (Å²) in [6, 6.07) is 0. The summed E-state index contributed by atoms with van der Waals surface area (Å²) in [4.78, 5) is 11.6. The quantitative estimate of drug-likeness (QED) is 0.734. The molecule has 0 spiro atoms. The first-order chi connectivity index (χ1) is 7.79. The zero-order chi connectivity index (χ0) is 13.5. The second-order valence-corrected chi connectivity index (χ2v) is 5.85. The highest BCUT2D eigenvalue weighted by Gasteiger charge is 2.27. The number of carbonyl (C=O) groups excluding carboxylic acids is 1. The first-order valence-electron chi connectivity index (χ1n) is 6.74. The Morgan fingerprint density at radius 3 is 2.29 bits per heavy atom. The molecule has 0 heterocycles. The second-order valence-electron chi connectivity index (χ2n) is 5.85. The molecule has 0 aliphatic rings. The Bertz CT molecular complexity index is 224. The molecule has 0 aromatic heterocycles. The van der Waals surface area contributed by atoms with E-state index in [4.69, 9.17) is 4.74 Å². The van der Waals surface area contributed by atoms with Crippen molar-refractivity contribution in [2.45, 2.75) is 66.3 Å². The lowest BCUT2D eigenvalue weighted by molar-refractivity contribution is 0.122. The van der Waals surface area contributed by atoms with Crippen LogP contribution in [0.2, 0.25) is 0 Å². The van der Waals surface area contributed by atoms with E-state index in [9.17, 15) is 4.79 Å². The number of amides is 1. The van der Waals surface area contributed by atoms with Gasteiger partial charge in [0.1, 0.15) is 0 Å². The van der Waals surface area contributed by atoms with Gasteiger partial charge in [-0.2, -0.15) is 0 Å². The summed E-state index contributed by atoms with van der Waals surface area (Å²) in [5.74, 6) is 1.01. The van der Waals surface area contributed by atoms with Crippen LogP contribution in [-0.4, -0.2) is 18.2 Å². The van der Waals surface area contributed by atoms with Crippen molar-refractivity contribution in [2.75, 3.05) is 6.61 Å². The van der Waals surface area contributed by atoms with Crippen molar-refractivity contribution in [3.8, 4) is 0 Å². The summed E-state index contributed by atoms with van der Waals surface area (Å²) in [6.45, 7) is 13.2. The van der Waals surface area contributed by atoms with Gasteiger partial charge in [-0.1, -0.05) is 34.1 Å². The lowest BCUT2D eigenvalue weighted by Crippen LogP contribution is -2.48. The fourth-order valence-electron chi connectivity index (χ4n) is 1.60. The molecule has 0 rings (SSSR count). The van der Waals surface area contributed by atoms with E-state index in [2.05, 4.69) is 46.9 Å². The number of nitrogens with one attached hydrogen (secondary N) is 1. The number of hydrogen-bond donors (Lipinski definition) is 1. The van der Waals surface area contributed by atoms with Crippen LogP contribution in [0.4, 0.5) is 4.79 Å². The lowest BCUT2D eigenvalue weighted by atomic mass is 9.86. The average Bonchev–Trinajstić information content (AvgIpc) is 2.16. The van der Waals surface area contributed by atoms with Crippen LogP contribution in [-0.2, 0) is 4.74 Å². The average molecular weight is 243 g/mol. The van der Waals surface area contributed by atoms with E-state index in [0.29, 0.717) is 18.4 Å². The lowest BCUT2D eigenvalue weighted by Gasteiger charge is -2.32. The van der Waals surface area contributed by atoms with Crippen LogP contribution in [0.5, 0.6) is 0 Å². The molecule has 0 unspecified atom stereocenters. The minimum atomic E-state index is -0.293. The topological polar surface area (TPSA) is 38.3 Å². The Balaban J connectivity index is 4.00. The molecule has 17 heavy (non-hydrogen) atoms. The molecule has 0 aliphatic carbocycles. The minimum Gasteiger partial charge on any atom is -0.450 e. The molecule has 0 saturated carbocycles. The van der Waals surface area contributed by atoms with Gasteiger partial charge in [0.05, 0.1) is 6.61 Å². The van der Waals surface area contributed by atoms with Crippen LogP contribution >= 0.6 is 0 Å². The van der Waals surface area contributed by atoms with Gasteiger partial charge in [0, 0.05) is 5.54 Å². The highest BCUT2D eigenvalue weighted by molar-refractivity contribution is 5.68. The first kappa shape index (κ1) is 16.3. The largest absolute Gasteiger partial charge is 0.450 e. The zero-order valence-electron chi connectivity index (χ0n) is 12.3. The van der Waals surface area contributed by atoms with E-state index in [1.807, 2.05) is 0 Å². The van der Waals surface area contributed by atoms with E-state index in [-0.39, 0.29) is 11.6 Å². The van der Waals surface area contributed by atoms with Gasteiger partial charge < -0.3 is 10.1 Å². The van der Waals surface area contributed by atoms with Gasteiger partial charge >= 0.3 is 6.09 Å². The molecular weight excluding hydrogens is 214 g/mol. The zero-order valence-corrected chi connectivity index (χ0v) is 12.3. The predicted octanol–water partition coefficient (Wildman–Crippen LogP) is 3.97. The first-order valence-corrected chi connectivity index (χ1v) is 6.74. The third kappa shape index (κ3) is 7.24. The predicted molar refractivity (Wildman–Crippen MR) is 72.1 cm³/mol. The van der Waals surface area contributed by atoms with Gasteiger partial charge in [0.2, 0.25) is 0 Å². The number of carbonyl (C=O) groups is 1. The van der Waals surface area contributed by atoms with Crippen molar-refractivity contribution >= 4 is 6.09 Å². The van der Waals surface area contributed by atoms with Gasteiger partial charge in [-0.25, -0.2) is 4.79 Å². The Morgan fingerprint density at radius 1 is 1.24 bits per heavy atom. The van der Waals surface area contributed by atoms with Crippen LogP contribution in [0, 0.1) is 11.8 Å². The maximum Gasteiger partial charge on any atom is 0.407 e. The molecule has 0 fully saturated rings. The molecule has 3 nitrogen and oxygen atoms in total. The number of alkyl carbamates (subject to hydrolysis) is 1. The molecule has 1 amide bonds. The molecule has 0 aliphatic heterocycles. The minimum absolute atomic E-state index is 0.203. The van der Waals surface area contributed by atoms with Crippen molar-refractivity contribution in [3.05, 3.63) is 0 Å². The molecular formula is C14H29NO2. The van der Waals surface area contributed by atoms with Crippen molar-refractivity contribution in [1.29, 1.82) is 0 Å². The molecule has 1 N–H and O–H groups in total. The fraction of sp³-hybridized carbons (Fsp3) is 0.929. The van der Waals surface area contributed by atoms with Gasteiger partial charge in [-0.3, -0.25) is 0 Å². The van der Waals surface area contributed by atoms with Gasteiger partial charge in [-0.05, 0) is 38.5 Å². The van der Waals surface area contributed by atoms with Gasteiger partial charge in [-0.15, -0.1) is 0 Å². The standard InChI is InChI=1S/C14H29NO2/c1-7-8-12(4)14(5,6)15-13(16)17-10-9-11(2)3/h11-12H,7-10H2,1-6H3,(H,15,16)/t12-/m0/s1.